The summed E-state index contributed by atoms with van der Waals surface area (Å²) in [6, 6.07) is 4.71. The maximum atomic E-state index is 13.7. The Morgan fingerprint density at radius 3 is 2.65 bits per heavy atom. The number of nitrogens with zero attached hydrogens (tertiary/aromatic N) is 1. The Morgan fingerprint density at radius 1 is 1.35 bits per heavy atom. The maximum Gasteiger partial charge on any atom is 0.410 e. The molecule has 2 amide bonds. The van der Waals surface area contributed by atoms with E-state index in [1.165, 1.54) is 6.07 Å². The zero-order valence-corrected chi connectivity index (χ0v) is 13.5. The number of aryl methyl sites for hydroxylation is 1. The number of anilines is 1. The number of quaternary nitrogens is 1. The van der Waals surface area contributed by atoms with Crippen LogP contribution in [0.15, 0.2) is 18.2 Å². The van der Waals surface area contributed by atoms with E-state index in [9.17, 15) is 14.0 Å². The molecule has 2 N–H and O–H groups in total. The standard InChI is InChI=1S/C16H22FN3O3/c1-3-23-16(22)20-8-6-19(7-9-20)11-15(21)18-14-5-4-12(2)10-13(14)17/h4-5,10H,3,6-9,11H2,1-2H3,(H,18,21)/p+1. The van der Waals surface area contributed by atoms with Gasteiger partial charge in [0.2, 0.25) is 0 Å². The molecular weight excluding hydrogens is 301 g/mol. The molecule has 7 heteroatoms. The molecule has 1 aromatic rings. The minimum Gasteiger partial charge on any atom is -0.450 e. The van der Waals surface area contributed by atoms with Crippen molar-refractivity contribution in [1.29, 1.82) is 0 Å². The molecule has 126 valence electrons. The third kappa shape index (κ3) is 4.92. The van der Waals surface area contributed by atoms with Gasteiger partial charge in [-0.2, -0.15) is 0 Å². The maximum absolute atomic E-state index is 13.7. The van der Waals surface area contributed by atoms with Gasteiger partial charge < -0.3 is 15.0 Å². The summed E-state index contributed by atoms with van der Waals surface area (Å²) in [6.45, 7) is 6.63. The van der Waals surface area contributed by atoms with Gasteiger partial charge in [-0.15, -0.1) is 0 Å². The molecule has 1 aliphatic heterocycles. The highest BCUT2D eigenvalue weighted by molar-refractivity contribution is 5.91. The fourth-order valence-corrected chi connectivity index (χ4v) is 2.54. The van der Waals surface area contributed by atoms with Gasteiger partial charge in [0.25, 0.3) is 5.91 Å². The van der Waals surface area contributed by atoms with Crippen LogP contribution in [-0.4, -0.2) is 56.2 Å². The van der Waals surface area contributed by atoms with Gasteiger partial charge >= 0.3 is 6.09 Å². The summed E-state index contributed by atoms with van der Waals surface area (Å²) in [5, 5.41) is 2.60. The molecule has 0 spiro atoms. The quantitative estimate of drug-likeness (QED) is 0.844. The van der Waals surface area contributed by atoms with Gasteiger partial charge in [-0.3, -0.25) is 9.69 Å². The normalized spacial score (nSPS) is 15.3. The molecule has 1 saturated heterocycles. The van der Waals surface area contributed by atoms with Gasteiger partial charge in [-0.25, -0.2) is 9.18 Å². The molecule has 6 nitrogen and oxygen atoms in total. The van der Waals surface area contributed by atoms with Crippen LogP contribution in [0.25, 0.3) is 0 Å². The molecule has 1 fully saturated rings. The van der Waals surface area contributed by atoms with E-state index in [2.05, 4.69) is 5.32 Å². The van der Waals surface area contributed by atoms with Crippen molar-refractivity contribution in [2.24, 2.45) is 0 Å². The number of carbonyl (C=O) groups is 2. The average Bonchev–Trinajstić information content (AvgIpc) is 2.51. The minimum absolute atomic E-state index is 0.199. The van der Waals surface area contributed by atoms with E-state index < -0.39 is 5.82 Å². The average molecular weight is 324 g/mol. The van der Waals surface area contributed by atoms with E-state index >= 15 is 0 Å². The van der Waals surface area contributed by atoms with Crippen LogP contribution in [0.4, 0.5) is 14.9 Å². The van der Waals surface area contributed by atoms with Crippen LogP contribution in [0.3, 0.4) is 0 Å². The number of carbonyl (C=O) groups excluding carboxylic acids is 2. The second kappa shape index (κ2) is 7.92. The highest BCUT2D eigenvalue weighted by Gasteiger charge is 2.26. The van der Waals surface area contributed by atoms with E-state index in [1.54, 1.807) is 30.9 Å². The Kier molecular flexibility index (Phi) is 5.92. The van der Waals surface area contributed by atoms with Crippen molar-refractivity contribution in [3.05, 3.63) is 29.6 Å². The third-order valence-electron chi connectivity index (χ3n) is 3.81. The SMILES string of the molecule is CCOC(=O)N1CC[NH+](CC(=O)Nc2ccc(C)cc2F)CC1. The van der Waals surface area contributed by atoms with Crippen LogP contribution >= 0.6 is 0 Å². The third-order valence-corrected chi connectivity index (χ3v) is 3.81. The zero-order valence-electron chi connectivity index (χ0n) is 13.5. The van der Waals surface area contributed by atoms with Crippen LogP contribution in [0, 0.1) is 12.7 Å². The number of piperazine rings is 1. The first-order valence-electron chi connectivity index (χ1n) is 7.81. The topological polar surface area (TPSA) is 63.1 Å². The molecule has 0 aromatic heterocycles. The van der Waals surface area contributed by atoms with Crippen molar-refractivity contribution in [2.45, 2.75) is 13.8 Å². The summed E-state index contributed by atoms with van der Waals surface area (Å²) in [4.78, 5) is 26.3. The highest BCUT2D eigenvalue weighted by Crippen LogP contribution is 2.14. The van der Waals surface area contributed by atoms with Crippen LogP contribution in [0.2, 0.25) is 0 Å². The van der Waals surface area contributed by atoms with Gasteiger partial charge in [0.15, 0.2) is 6.54 Å². The predicted molar refractivity (Wildman–Crippen MR) is 83.9 cm³/mol. The van der Waals surface area contributed by atoms with Crippen molar-refractivity contribution >= 4 is 17.7 Å². The highest BCUT2D eigenvalue weighted by atomic mass is 19.1. The Hall–Kier alpha value is -2.15. The lowest BCUT2D eigenvalue weighted by Gasteiger charge is -2.31. The van der Waals surface area contributed by atoms with E-state index in [0.717, 1.165) is 10.5 Å². The molecule has 0 bridgehead atoms. The molecule has 0 unspecified atom stereocenters. The molecule has 1 heterocycles. The zero-order chi connectivity index (χ0) is 16.8. The van der Waals surface area contributed by atoms with E-state index in [4.69, 9.17) is 4.74 Å². The van der Waals surface area contributed by atoms with Crippen LogP contribution in [0.1, 0.15) is 12.5 Å². The Labute approximate surface area is 135 Å². The first-order valence-corrected chi connectivity index (χ1v) is 7.81. The van der Waals surface area contributed by atoms with Gasteiger partial charge in [-0.05, 0) is 31.5 Å². The van der Waals surface area contributed by atoms with Crippen LogP contribution in [-0.2, 0) is 9.53 Å². The number of hydrogen-bond acceptors (Lipinski definition) is 3. The number of hydrogen-bond donors (Lipinski definition) is 2. The number of rotatable bonds is 4. The smallest absolute Gasteiger partial charge is 0.410 e. The number of benzene rings is 1. The van der Waals surface area contributed by atoms with Crippen molar-refractivity contribution < 1.29 is 23.6 Å². The molecule has 23 heavy (non-hydrogen) atoms. The molecule has 1 aliphatic rings. The molecule has 0 atom stereocenters. The van der Waals surface area contributed by atoms with Crippen LogP contribution < -0.4 is 10.2 Å². The summed E-state index contributed by atoms with van der Waals surface area (Å²) in [5.41, 5.74) is 1.01. The van der Waals surface area contributed by atoms with Crippen molar-refractivity contribution in [3.63, 3.8) is 0 Å². The first kappa shape index (κ1) is 17.2. The summed E-state index contributed by atoms with van der Waals surface area (Å²) in [6.07, 6.45) is -0.308. The van der Waals surface area contributed by atoms with Gasteiger partial charge in [0.1, 0.15) is 5.82 Å². The van der Waals surface area contributed by atoms with E-state index in [1.807, 2.05) is 0 Å². The fourth-order valence-electron chi connectivity index (χ4n) is 2.54. The second-order valence-electron chi connectivity index (χ2n) is 5.64. The summed E-state index contributed by atoms with van der Waals surface area (Å²) in [5.74, 6) is -0.659. The van der Waals surface area contributed by atoms with Crippen LogP contribution in [0.5, 0.6) is 0 Å². The van der Waals surface area contributed by atoms with Crippen molar-refractivity contribution in [3.8, 4) is 0 Å². The first-order chi connectivity index (χ1) is 11.0. The van der Waals surface area contributed by atoms with Gasteiger partial charge in [0, 0.05) is 0 Å². The lowest BCUT2D eigenvalue weighted by Crippen LogP contribution is -3.15. The lowest BCUT2D eigenvalue weighted by atomic mass is 10.2. The van der Waals surface area contributed by atoms with E-state index in [0.29, 0.717) is 32.8 Å². The molecular formula is C16H23FN3O3+. The Morgan fingerprint density at radius 2 is 2.04 bits per heavy atom. The minimum atomic E-state index is -0.430. The molecule has 0 radical (unpaired) electrons. The summed E-state index contributed by atoms with van der Waals surface area (Å²) >= 11 is 0. The number of halogens is 1. The Balaban J connectivity index is 1.79. The second-order valence-corrected chi connectivity index (χ2v) is 5.64. The molecule has 2 rings (SSSR count). The van der Waals surface area contributed by atoms with Gasteiger partial charge in [-0.1, -0.05) is 6.07 Å². The number of nitrogens with one attached hydrogen (secondary N) is 2. The summed E-state index contributed by atoms with van der Waals surface area (Å²) in [7, 11) is 0. The fraction of sp³-hybridized carbons (Fsp3) is 0.500. The monoisotopic (exact) mass is 324 g/mol. The van der Waals surface area contributed by atoms with Gasteiger partial charge in [0.05, 0.1) is 38.5 Å². The summed E-state index contributed by atoms with van der Waals surface area (Å²) < 4.78 is 18.7. The van der Waals surface area contributed by atoms with E-state index in [-0.39, 0.29) is 24.2 Å². The number of amides is 2. The van der Waals surface area contributed by atoms with Crippen molar-refractivity contribution in [1.82, 2.24) is 4.90 Å². The molecule has 1 aromatic carbocycles. The largest absolute Gasteiger partial charge is 0.450 e. The predicted octanol–water partition coefficient (Wildman–Crippen LogP) is 0.430. The number of ether oxygens (including phenoxy) is 1. The molecule has 0 aliphatic carbocycles. The lowest BCUT2D eigenvalue weighted by molar-refractivity contribution is -0.895. The molecule has 0 saturated carbocycles. The van der Waals surface area contributed by atoms with Crippen molar-refractivity contribution in [2.75, 3.05) is 44.6 Å². The Bertz CT molecular complexity index is 572.